The van der Waals surface area contributed by atoms with E-state index in [9.17, 15) is 0 Å². The SMILES string of the molecule is Cc1ccccc1C(C(C)N)n1cnc2c1CCCC2. The van der Waals surface area contributed by atoms with Gasteiger partial charge in [-0.3, -0.25) is 0 Å². The standard InChI is InChI=1S/C17H23N3/c1-12-7-3-4-8-14(12)17(13(2)18)20-11-19-15-9-5-6-10-16(15)20/h3-4,7-8,11,13,17H,5-6,9-10,18H2,1-2H3. The number of hydrogen-bond acceptors (Lipinski definition) is 2. The molecule has 1 aromatic carbocycles. The van der Waals surface area contributed by atoms with Crippen molar-refractivity contribution in [3.05, 3.63) is 53.1 Å². The van der Waals surface area contributed by atoms with Crippen molar-refractivity contribution in [1.82, 2.24) is 9.55 Å². The molecule has 1 heterocycles. The molecule has 20 heavy (non-hydrogen) atoms. The lowest BCUT2D eigenvalue weighted by molar-refractivity contribution is 0.471. The van der Waals surface area contributed by atoms with Crippen LogP contribution in [0.1, 0.15) is 48.3 Å². The third-order valence-electron chi connectivity index (χ3n) is 4.36. The van der Waals surface area contributed by atoms with Gasteiger partial charge in [0.05, 0.1) is 18.1 Å². The van der Waals surface area contributed by atoms with E-state index >= 15 is 0 Å². The van der Waals surface area contributed by atoms with Crippen LogP contribution >= 0.6 is 0 Å². The Bertz CT molecular complexity index is 598. The molecule has 3 heteroatoms. The van der Waals surface area contributed by atoms with E-state index in [0.717, 1.165) is 12.8 Å². The van der Waals surface area contributed by atoms with Crippen LogP contribution in [0.4, 0.5) is 0 Å². The Morgan fingerprint density at radius 2 is 1.95 bits per heavy atom. The fourth-order valence-electron chi connectivity index (χ4n) is 3.34. The van der Waals surface area contributed by atoms with E-state index in [-0.39, 0.29) is 12.1 Å². The lowest BCUT2D eigenvalue weighted by Crippen LogP contribution is -2.31. The van der Waals surface area contributed by atoms with Gasteiger partial charge in [0.25, 0.3) is 0 Å². The highest BCUT2D eigenvalue weighted by Gasteiger charge is 2.25. The summed E-state index contributed by atoms with van der Waals surface area (Å²) >= 11 is 0. The van der Waals surface area contributed by atoms with Crippen molar-refractivity contribution in [2.45, 2.75) is 51.6 Å². The second kappa shape index (κ2) is 5.41. The highest BCUT2D eigenvalue weighted by Crippen LogP contribution is 2.29. The normalized spacial score (nSPS) is 17.6. The zero-order valence-corrected chi connectivity index (χ0v) is 12.3. The summed E-state index contributed by atoms with van der Waals surface area (Å²) < 4.78 is 2.32. The first-order chi connectivity index (χ1) is 9.68. The maximum Gasteiger partial charge on any atom is 0.0957 e. The first-order valence-corrected chi connectivity index (χ1v) is 7.54. The van der Waals surface area contributed by atoms with Crippen LogP contribution in [-0.2, 0) is 12.8 Å². The fourth-order valence-corrected chi connectivity index (χ4v) is 3.34. The minimum absolute atomic E-state index is 0.0660. The van der Waals surface area contributed by atoms with Gasteiger partial charge in [-0.05, 0) is 50.7 Å². The number of nitrogens with zero attached hydrogens (tertiary/aromatic N) is 2. The topological polar surface area (TPSA) is 43.8 Å². The smallest absolute Gasteiger partial charge is 0.0957 e. The third-order valence-corrected chi connectivity index (χ3v) is 4.36. The van der Waals surface area contributed by atoms with Crippen LogP contribution in [0.2, 0.25) is 0 Å². The van der Waals surface area contributed by atoms with Crippen LogP contribution in [0, 0.1) is 6.92 Å². The van der Waals surface area contributed by atoms with E-state index < -0.39 is 0 Å². The molecule has 2 unspecified atom stereocenters. The van der Waals surface area contributed by atoms with Crippen LogP contribution in [0.15, 0.2) is 30.6 Å². The fraction of sp³-hybridized carbons (Fsp3) is 0.471. The van der Waals surface area contributed by atoms with E-state index in [0.29, 0.717) is 0 Å². The molecule has 3 nitrogen and oxygen atoms in total. The second-order valence-electron chi connectivity index (χ2n) is 5.91. The van der Waals surface area contributed by atoms with Crippen molar-refractivity contribution >= 4 is 0 Å². The highest BCUT2D eigenvalue weighted by atomic mass is 15.1. The molecule has 2 N–H and O–H groups in total. The lowest BCUT2D eigenvalue weighted by atomic mass is 9.94. The summed E-state index contributed by atoms with van der Waals surface area (Å²) in [5.74, 6) is 0. The summed E-state index contributed by atoms with van der Waals surface area (Å²) in [6, 6.07) is 8.79. The Hall–Kier alpha value is -1.61. The molecule has 0 amide bonds. The summed E-state index contributed by atoms with van der Waals surface area (Å²) in [7, 11) is 0. The predicted octanol–water partition coefficient (Wildman–Crippen LogP) is 3.01. The zero-order chi connectivity index (χ0) is 14.1. The summed E-state index contributed by atoms with van der Waals surface area (Å²) in [6.07, 6.45) is 6.76. The Morgan fingerprint density at radius 1 is 1.20 bits per heavy atom. The Kier molecular flexibility index (Phi) is 3.62. The Balaban J connectivity index is 2.08. The van der Waals surface area contributed by atoms with Crippen molar-refractivity contribution in [2.75, 3.05) is 0 Å². The highest BCUT2D eigenvalue weighted by molar-refractivity contribution is 5.32. The summed E-state index contributed by atoms with van der Waals surface area (Å²) in [5.41, 5.74) is 11.6. The van der Waals surface area contributed by atoms with Crippen molar-refractivity contribution < 1.29 is 0 Å². The molecule has 2 atom stereocenters. The van der Waals surface area contributed by atoms with Gasteiger partial charge >= 0.3 is 0 Å². The summed E-state index contributed by atoms with van der Waals surface area (Å²) in [5, 5.41) is 0. The summed E-state index contributed by atoms with van der Waals surface area (Å²) in [6.45, 7) is 4.25. The van der Waals surface area contributed by atoms with Gasteiger partial charge in [-0.2, -0.15) is 0 Å². The van der Waals surface area contributed by atoms with Crippen molar-refractivity contribution in [2.24, 2.45) is 5.73 Å². The number of imidazole rings is 1. The van der Waals surface area contributed by atoms with E-state index in [2.05, 4.69) is 47.7 Å². The van der Waals surface area contributed by atoms with Gasteiger partial charge in [0.15, 0.2) is 0 Å². The average Bonchev–Trinajstić information content (AvgIpc) is 2.85. The van der Waals surface area contributed by atoms with E-state index in [1.165, 1.54) is 35.4 Å². The van der Waals surface area contributed by atoms with Crippen LogP contribution in [-0.4, -0.2) is 15.6 Å². The second-order valence-corrected chi connectivity index (χ2v) is 5.91. The molecule has 106 valence electrons. The van der Waals surface area contributed by atoms with Gasteiger partial charge in [0.1, 0.15) is 0 Å². The number of aromatic nitrogens is 2. The number of aryl methyl sites for hydroxylation is 2. The monoisotopic (exact) mass is 269 g/mol. The predicted molar refractivity (Wildman–Crippen MR) is 81.8 cm³/mol. The summed E-state index contributed by atoms with van der Waals surface area (Å²) in [4.78, 5) is 4.62. The minimum atomic E-state index is 0.0660. The molecule has 0 bridgehead atoms. The molecular weight excluding hydrogens is 246 g/mol. The molecule has 0 aliphatic heterocycles. The maximum absolute atomic E-state index is 6.31. The van der Waals surface area contributed by atoms with Crippen LogP contribution in [0.3, 0.4) is 0 Å². The van der Waals surface area contributed by atoms with E-state index in [4.69, 9.17) is 5.73 Å². The average molecular weight is 269 g/mol. The molecule has 2 aromatic rings. The molecule has 1 aliphatic carbocycles. The Morgan fingerprint density at radius 3 is 2.70 bits per heavy atom. The quantitative estimate of drug-likeness (QED) is 0.931. The largest absolute Gasteiger partial charge is 0.326 e. The molecule has 3 rings (SSSR count). The van der Waals surface area contributed by atoms with Gasteiger partial charge in [0.2, 0.25) is 0 Å². The first kappa shape index (κ1) is 13.4. The van der Waals surface area contributed by atoms with Crippen molar-refractivity contribution in [3.8, 4) is 0 Å². The van der Waals surface area contributed by atoms with Crippen LogP contribution < -0.4 is 5.73 Å². The number of rotatable bonds is 3. The number of nitrogens with two attached hydrogens (primary N) is 1. The Labute approximate surface area is 120 Å². The van der Waals surface area contributed by atoms with Gasteiger partial charge < -0.3 is 10.3 Å². The van der Waals surface area contributed by atoms with Gasteiger partial charge in [-0.1, -0.05) is 24.3 Å². The van der Waals surface area contributed by atoms with Crippen molar-refractivity contribution in [1.29, 1.82) is 0 Å². The molecular formula is C17H23N3. The lowest BCUT2D eigenvalue weighted by Gasteiger charge is -2.27. The number of benzene rings is 1. The molecule has 1 aliphatic rings. The van der Waals surface area contributed by atoms with Crippen molar-refractivity contribution in [3.63, 3.8) is 0 Å². The zero-order valence-electron chi connectivity index (χ0n) is 12.3. The van der Waals surface area contributed by atoms with Crippen LogP contribution in [0.5, 0.6) is 0 Å². The maximum atomic E-state index is 6.31. The van der Waals surface area contributed by atoms with Crippen LogP contribution in [0.25, 0.3) is 0 Å². The number of hydrogen-bond donors (Lipinski definition) is 1. The molecule has 0 fully saturated rings. The van der Waals surface area contributed by atoms with Gasteiger partial charge in [0, 0.05) is 11.7 Å². The molecule has 0 radical (unpaired) electrons. The molecule has 1 aromatic heterocycles. The van der Waals surface area contributed by atoms with E-state index in [1.54, 1.807) is 0 Å². The first-order valence-electron chi connectivity index (χ1n) is 7.54. The number of fused-ring (bicyclic) bond motifs is 1. The van der Waals surface area contributed by atoms with E-state index in [1.807, 2.05) is 6.33 Å². The van der Waals surface area contributed by atoms with Gasteiger partial charge in [-0.15, -0.1) is 0 Å². The molecule has 0 saturated carbocycles. The molecule has 0 saturated heterocycles. The minimum Gasteiger partial charge on any atom is -0.326 e. The van der Waals surface area contributed by atoms with Gasteiger partial charge in [-0.25, -0.2) is 4.98 Å². The third kappa shape index (κ3) is 2.27. The molecule has 0 spiro atoms.